The Morgan fingerprint density at radius 3 is 2.37 bits per heavy atom. The highest BCUT2D eigenvalue weighted by atomic mass is 16.5. The summed E-state index contributed by atoms with van der Waals surface area (Å²) in [6.45, 7) is 6.99. The molecule has 0 aromatic heterocycles. The van der Waals surface area contributed by atoms with Crippen LogP contribution in [0.2, 0.25) is 0 Å². The molecule has 0 aliphatic rings. The number of esters is 1. The van der Waals surface area contributed by atoms with Crippen LogP contribution in [-0.4, -0.2) is 18.1 Å². The molecule has 0 saturated carbocycles. The van der Waals surface area contributed by atoms with Gasteiger partial charge in [0.05, 0.1) is 0 Å². The maximum absolute atomic E-state index is 10.9. The van der Waals surface area contributed by atoms with E-state index >= 15 is 0 Å². The standard InChI is InChI=1S/C16H29NO2/c1-4-5-6-7-8-9-10-11-12-13-16(14(2)17)19-15(3)18/h4,11-12,14,16H,1,5-10,13,17H2,2-3H3/b12-11-/t14-,16-/m0/s1. The van der Waals surface area contributed by atoms with Crippen LogP contribution in [0.3, 0.4) is 0 Å². The van der Waals surface area contributed by atoms with Gasteiger partial charge >= 0.3 is 5.97 Å². The number of carbonyl (C=O) groups is 1. The third-order valence-electron chi connectivity index (χ3n) is 2.97. The smallest absolute Gasteiger partial charge is 0.302 e. The van der Waals surface area contributed by atoms with Crippen molar-refractivity contribution in [2.75, 3.05) is 0 Å². The molecule has 3 heteroatoms. The number of unbranched alkanes of at least 4 members (excludes halogenated alkanes) is 5. The van der Waals surface area contributed by atoms with E-state index in [0.717, 1.165) is 12.8 Å². The molecule has 0 rings (SSSR count). The highest BCUT2D eigenvalue weighted by molar-refractivity contribution is 5.66. The Morgan fingerprint density at radius 2 is 1.84 bits per heavy atom. The molecule has 110 valence electrons. The Balaban J connectivity index is 3.63. The monoisotopic (exact) mass is 267 g/mol. The van der Waals surface area contributed by atoms with Gasteiger partial charge in [-0.25, -0.2) is 0 Å². The molecule has 3 nitrogen and oxygen atoms in total. The number of hydrogen-bond donors (Lipinski definition) is 1. The predicted molar refractivity (Wildman–Crippen MR) is 80.9 cm³/mol. The van der Waals surface area contributed by atoms with E-state index in [-0.39, 0.29) is 18.1 Å². The summed E-state index contributed by atoms with van der Waals surface area (Å²) in [4.78, 5) is 10.9. The number of ether oxygens (including phenoxy) is 1. The lowest BCUT2D eigenvalue weighted by molar-refractivity contribution is -0.147. The summed E-state index contributed by atoms with van der Waals surface area (Å²) in [6, 6.07) is -0.132. The minimum absolute atomic E-state index is 0.132. The molecule has 0 radical (unpaired) electrons. The SMILES string of the molecule is C=CCCCCCC/C=C\C[C@H](OC(C)=O)[C@H](C)N. The van der Waals surface area contributed by atoms with Crippen LogP contribution in [0, 0.1) is 0 Å². The first-order chi connectivity index (χ1) is 9.07. The van der Waals surface area contributed by atoms with Gasteiger partial charge in [-0.1, -0.05) is 31.1 Å². The summed E-state index contributed by atoms with van der Waals surface area (Å²) < 4.78 is 5.16. The molecule has 0 aromatic carbocycles. The van der Waals surface area contributed by atoms with Crippen LogP contribution in [0.5, 0.6) is 0 Å². The molecule has 0 fully saturated rings. The van der Waals surface area contributed by atoms with E-state index in [2.05, 4.69) is 18.7 Å². The van der Waals surface area contributed by atoms with Gasteiger partial charge in [-0.3, -0.25) is 4.79 Å². The number of nitrogens with two attached hydrogens (primary N) is 1. The summed E-state index contributed by atoms with van der Waals surface area (Å²) in [6.07, 6.45) is 13.9. The molecule has 0 heterocycles. The van der Waals surface area contributed by atoms with Gasteiger partial charge in [0.1, 0.15) is 6.10 Å². The Labute approximate surface area is 117 Å². The van der Waals surface area contributed by atoms with Gasteiger partial charge < -0.3 is 10.5 Å². The molecule has 0 unspecified atom stereocenters. The van der Waals surface area contributed by atoms with Crippen molar-refractivity contribution in [1.82, 2.24) is 0 Å². The zero-order valence-corrected chi connectivity index (χ0v) is 12.4. The van der Waals surface area contributed by atoms with Gasteiger partial charge in [0, 0.05) is 19.4 Å². The quantitative estimate of drug-likeness (QED) is 0.352. The zero-order chi connectivity index (χ0) is 14.5. The second kappa shape index (κ2) is 12.0. The van der Waals surface area contributed by atoms with Gasteiger partial charge in [-0.2, -0.15) is 0 Å². The van der Waals surface area contributed by atoms with E-state index in [4.69, 9.17) is 10.5 Å². The van der Waals surface area contributed by atoms with Gasteiger partial charge in [-0.15, -0.1) is 6.58 Å². The highest BCUT2D eigenvalue weighted by Crippen LogP contribution is 2.08. The summed E-state index contributed by atoms with van der Waals surface area (Å²) >= 11 is 0. The molecule has 0 spiro atoms. The van der Waals surface area contributed by atoms with E-state index < -0.39 is 0 Å². The summed E-state index contributed by atoms with van der Waals surface area (Å²) in [5.74, 6) is -0.266. The largest absolute Gasteiger partial charge is 0.461 e. The van der Waals surface area contributed by atoms with Crippen LogP contribution in [0.1, 0.15) is 58.8 Å². The fourth-order valence-corrected chi connectivity index (χ4v) is 1.84. The summed E-state index contributed by atoms with van der Waals surface area (Å²) in [5.41, 5.74) is 5.77. The van der Waals surface area contributed by atoms with Gasteiger partial charge in [0.2, 0.25) is 0 Å². The fourth-order valence-electron chi connectivity index (χ4n) is 1.84. The normalized spacial score (nSPS) is 14.3. The van der Waals surface area contributed by atoms with Crippen LogP contribution in [-0.2, 0) is 9.53 Å². The lowest BCUT2D eigenvalue weighted by atomic mass is 10.1. The summed E-state index contributed by atoms with van der Waals surface area (Å²) in [5, 5.41) is 0. The minimum Gasteiger partial charge on any atom is -0.461 e. The number of allylic oxidation sites excluding steroid dienone is 2. The average Bonchev–Trinajstić information content (AvgIpc) is 2.34. The zero-order valence-electron chi connectivity index (χ0n) is 12.4. The van der Waals surface area contributed by atoms with Crippen molar-refractivity contribution >= 4 is 5.97 Å². The van der Waals surface area contributed by atoms with Crippen molar-refractivity contribution in [3.63, 3.8) is 0 Å². The molecule has 0 bridgehead atoms. The molecular formula is C16H29NO2. The molecule has 0 aliphatic carbocycles. The van der Waals surface area contributed by atoms with Crippen molar-refractivity contribution in [2.24, 2.45) is 5.73 Å². The van der Waals surface area contributed by atoms with E-state index in [0.29, 0.717) is 6.42 Å². The first kappa shape index (κ1) is 17.9. The Bertz CT molecular complexity index is 272. The number of carbonyl (C=O) groups excluding carboxylic acids is 1. The third-order valence-corrected chi connectivity index (χ3v) is 2.97. The molecule has 2 atom stereocenters. The Kier molecular flexibility index (Phi) is 11.3. The van der Waals surface area contributed by atoms with Crippen molar-refractivity contribution in [3.05, 3.63) is 24.8 Å². The van der Waals surface area contributed by atoms with E-state index in [1.165, 1.54) is 32.6 Å². The highest BCUT2D eigenvalue weighted by Gasteiger charge is 2.14. The van der Waals surface area contributed by atoms with Crippen molar-refractivity contribution in [3.8, 4) is 0 Å². The minimum atomic E-state index is -0.266. The Morgan fingerprint density at radius 1 is 1.21 bits per heavy atom. The van der Waals surface area contributed by atoms with Crippen LogP contribution in [0.25, 0.3) is 0 Å². The maximum Gasteiger partial charge on any atom is 0.302 e. The first-order valence-corrected chi connectivity index (χ1v) is 7.26. The molecule has 0 aromatic rings. The van der Waals surface area contributed by atoms with Crippen LogP contribution < -0.4 is 5.73 Å². The van der Waals surface area contributed by atoms with Crippen LogP contribution >= 0.6 is 0 Å². The third kappa shape index (κ3) is 11.7. The number of rotatable bonds is 11. The van der Waals surface area contributed by atoms with E-state index in [9.17, 15) is 4.79 Å². The molecule has 0 aliphatic heterocycles. The topological polar surface area (TPSA) is 52.3 Å². The molecule has 19 heavy (non-hydrogen) atoms. The maximum atomic E-state index is 10.9. The second-order valence-electron chi connectivity index (χ2n) is 4.99. The van der Waals surface area contributed by atoms with Gasteiger partial charge in [0.25, 0.3) is 0 Å². The molecule has 0 saturated heterocycles. The van der Waals surface area contributed by atoms with Crippen LogP contribution in [0.15, 0.2) is 24.8 Å². The lowest BCUT2D eigenvalue weighted by Crippen LogP contribution is -2.34. The molecular weight excluding hydrogens is 238 g/mol. The first-order valence-electron chi connectivity index (χ1n) is 7.26. The van der Waals surface area contributed by atoms with Crippen molar-refractivity contribution in [2.45, 2.75) is 70.9 Å². The predicted octanol–water partition coefficient (Wildman–Crippen LogP) is 3.74. The molecule has 0 amide bonds. The summed E-state index contributed by atoms with van der Waals surface area (Å²) in [7, 11) is 0. The van der Waals surface area contributed by atoms with Crippen molar-refractivity contribution in [1.29, 1.82) is 0 Å². The van der Waals surface area contributed by atoms with Crippen molar-refractivity contribution < 1.29 is 9.53 Å². The van der Waals surface area contributed by atoms with E-state index in [1.807, 2.05) is 13.0 Å². The lowest BCUT2D eigenvalue weighted by Gasteiger charge is -2.18. The fraction of sp³-hybridized carbons (Fsp3) is 0.688. The van der Waals surface area contributed by atoms with Gasteiger partial charge in [0.15, 0.2) is 0 Å². The molecule has 2 N–H and O–H groups in total. The van der Waals surface area contributed by atoms with Crippen LogP contribution in [0.4, 0.5) is 0 Å². The number of hydrogen-bond acceptors (Lipinski definition) is 3. The Hall–Kier alpha value is -1.09. The average molecular weight is 267 g/mol. The second-order valence-corrected chi connectivity index (χ2v) is 4.99. The van der Waals surface area contributed by atoms with Gasteiger partial charge in [-0.05, 0) is 32.6 Å². The van der Waals surface area contributed by atoms with E-state index in [1.54, 1.807) is 0 Å².